The van der Waals surface area contributed by atoms with Gasteiger partial charge in [0.25, 0.3) is 5.91 Å². The molecule has 1 N–H and O–H groups in total. The molecule has 0 aromatic heterocycles. The Morgan fingerprint density at radius 3 is 2.55 bits per heavy atom. The zero-order valence-electron chi connectivity index (χ0n) is 12.7. The molecule has 0 aromatic rings. The zero-order valence-corrected chi connectivity index (χ0v) is 12.7. The van der Waals surface area contributed by atoms with Crippen LogP contribution in [0.5, 0.6) is 0 Å². The van der Waals surface area contributed by atoms with E-state index < -0.39 is 17.7 Å². The topological polar surface area (TPSA) is 75.7 Å². The first-order chi connectivity index (χ1) is 9.24. The Bertz CT molecular complexity index is 387. The van der Waals surface area contributed by atoms with Crippen LogP contribution in [0.2, 0.25) is 0 Å². The molecule has 0 radical (unpaired) electrons. The van der Waals surface area contributed by atoms with Gasteiger partial charge in [0, 0.05) is 6.54 Å². The minimum atomic E-state index is -0.793. The third-order valence-corrected chi connectivity index (χ3v) is 2.92. The van der Waals surface area contributed by atoms with Crippen molar-refractivity contribution >= 4 is 17.9 Å². The Kier molecular flexibility index (Phi) is 5.53. The van der Waals surface area contributed by atoms with Gasteiger partial charge in [-0.1, -0.05) is 19.8 Å². The molecule has 0 saturated carbocycles. The molecule has 0 bridgehead atoms. The molecular formula is C14H24N2O4. The summed E-state index contributed by atoms with van der Waals surface area (Å²) in [6, 6.07) is -0.793. The maximum atomic E-state index is 12.0. The summed E-state index contributed by atoms with van der Waals surface area (Å²) in [5.41, 5.74) is -0.628. The third-order valence-electron chi connectivity index (χ3n) is 2.92. The second kappa shape index (κ2) is 6.72. The van der Waals surface area contributed by atoms with Crippen LogP contribution < -0.4 is 5.32 Å². The summed E-state index contributed by atoms with van der Waals surface area (Å²) in [7, 11) is 0. The number of rotatable bonds is 5. The van der Waals surface area contributed by atoms with Crippen LogP contribution in [0.25, 0.3) is 0 Å². The summed E-state index contributed by atoms with van der Waals surface area (Å²) in [5, 5.41) is 2.46. The van der Waals surface area contributed by atoms with Crippen molar-refractivity contribution in [2.45, 2.75) is 65.0 Å². The second-order valence-electron chi connectivity index (χ2n) is 5.99. The molecule has 1 aliphatic heterocycles. The molecule has 1 aliphatic rings. The fourth-order valence-electron chi connectivity index (χ4n) is 2.00. The molecule has 0 spiro atoms. The molecule has 1 rings (SSSR count). The summed E-state index contributed by atoms with van der Waals surface area (Å²) in [5.74, 6) is -0.566. The second-order valence-corrected chi connectivity index (χ2v) is 5.99. The highest BCUT2D eigenvalue weighted by atomic mass is 16.6. The predicted molar refractivity (Wildman–Crippen MR) is 74.0 cm³/mol. The lowest BCUT2D eigenvalue weighted by atomic mass is 10.2. The van der Waals surface area contributed by atoms with Crippen molar-refractivity contribution in [3.8, 4) is 0 Å². The average molecular weight is 284 g/mol. The smallest absolute Gasteiger partial charge is 0.408 e. The molecule has 114 valence electrons. The lowest BCUT2D eigenvalue weighted by molar-refractivity contribution is -0.138. The van der Waals surface area contributed by atoms with E-state index >= 15 is 0 Å². The highest BCUT2D eigenvalue weighted by Gasteiger charge is 2.39. The maximum absolute atomic E-state index is 12.0. The maximum Gasteiger partial charge on any atom is 0.408 e. The quantitative estimate of drug-likeness (QED) is 0.617. The van der Waals surface area contributed by atoms with Crippen molar-refractivity contribution in [3.63, 3.8) is 0 Å². The van der Waals surface area contributed by atoms with Crippen molar-refractivity contribution in [1.82, 2.24) is 10.2 Å². The van der Waals surface area contributed by atoms with Gasteiger partial charge in [-0.25, -0.2) is 4.79 Å². The van der Waals surface area contributed by atoms with Gasteiger partial charge < -0.3 is 10.1 Å². The van der Waals surface area contributed by atoms with E-state index in [1.165, 1.54) is 4.90 Å². The Labute approximate surface area is 119 Å². The van der Waals surface area contributed by atoms with E-state index in [0.29, 0.717) is 6.54 Å². The molecule has 6 nitrogen and oxygen atoms in total. The van der Waals surface area contributed by atoms with E-state index in [2.05, 4.69) is 12.2 Å². The average Bonchev–Trinajstić information content (AvgIpc) is 2.54. The molecule has 6 heteroatoms. The Hall–Kier alpha value is -1.59. The van der Waals surface area contributed by atoms with Gasteiger partial charge in [-0.3, -0.25) is 14.5 Å². The molecule has 1 atom stereocenters. The van der Waals surface area contributed by atoms with Crippen molar-refractivity contribution in [3.05, 3.63) is 0 Å². The lowest BCUT2D eigenvalue weighted by Gasteiger charge is -2.21. The highest BCUT2D eigenvalue weighted by molar-refractivity contribution is 6.06. The Balaban J connectivity index is 2.51. The first-order valence-electron chi connectivity index (χ1n) is 7.08. The first-order valence-corrected chi connectivity index (χ1v) is 7.08. The number of nitrogens with one attached hydrogen (secondary N) is 1. The van der Waals surface area contributed by atoms with Crippen molar-refractivity contribution in [2.75, 3.05) is 6.54 Å². The van der Waals surface area contributed by atoms with E-state index in [0.717, 1.165) is 19.3 Å². The number of alkyl carbamates (subject to hydrolysis) is 1. The van der Waals surface area contributed by atoms with Crippen LogP contribution in [0.15, 0.2) is 0 Å². The summed E-state index contributed by atoms with van der Waals surface area (Å²) in [6.07, 6.45) is 2.15. The van der Waals surface area contributed by atoms with E-state index in [1.807, 2.05) is 0 Å². The van der Waals surface area contributed by atoms with Gasteiger partial charge in [-0.15, -0.1) is 0 Å². The molecular weight excluding hydrogens is 260 g/mol. The van der Waals surface area contributed by atoms with Gasteiger partial charge in [0.15, 0.2) is 0 Å². The van der Waals surface area contributed by atoms with Gasteiger partial charge in [0.1, 0.15) is 11.6 Å². The summed E-state index contributed by atoms with van der Waals surface area (Å²) >= 11 is 0. The fourth-order valence-corrected chi connectivity index (χ4v) is 2.00. The summed E-state index contributed by atoms with van der Waals surface area (Å²) in [6.45, 7) is 7.71. The van der Waals surface area contributed by atoms with Crippen molar-refractivity contribution in [2.24, 2.45) is 0 Å². The number of amides is 3. The molecule has 20 heavy (non-hydrogen) atoms. The number of nitrogens with zero attached hydrogens (tertiary/aromatic N) is 1. The number of ether oxygens (including phenoxy) is 1. The summed E-state index contributed by atoms with van der Waals surface area (Å²) < 4.78 is 5.08. The molecule has 0 aliphatic carbocycles. The number of hydrogen-bond donors (Lipinski definition) is 1. The number of hydrogen-bond acceptors (Lipinski definition) is 4. The van der Waals surface area contributed by atoms with Crippen LogP contribution in [0.4, 0.5) is 4.79 Å². The standard InChI is InChI=1S/C14H24N2O4/c1-5-6-7-8-16-11(17)9-10(12(16)18)15-13(19)20-14(2,3)4/h10H,5-9H2,1-4H3,(H,15,19)/t10-/m0/s1. The Morgan fingerprint density at radius 1 is 1.35 bits per heavy atom. The number of likely N-dealkylation sites (tertiary alicyclic amines) is 1. The van der Waals surface area contributed by atoms with Gasteiger partial charge in [-0.2, -0.15) is 0 Å². The number of unbranched alkanes of at least 4 members (excludes halogenated alkanes) is 2. The van der Waals surface area contributed by atoms with Gasteiger partial charge in [-0.05, 0) is 27.2 Å². The molecule has 1 fully saturated rings. The van der Waals surface area contributed by atoms with Crippen molar-refractivity contribution in [1.29, 1.82) is 0 Å². The highest BCUT2D eigenvalue weighted by Crippen LogP contribution is 2.15. The molecule has 1 heterocycles. The van der Waals surface area contributed by atoms with Crippen LogP contribution in [-0.4, -0.2) is 41.0 Å². The van der Waals surface area contributed by atoms with Gasteiger partial charge in [0.05, 0.1) is 6.42 Å². The van der Waals surface area contributed by atoms with Crippen molar-refractivity contribution < 1.29 is 19.1 Å². The number of carbonyl (C=O) groups excluding carboxylic acids is 3. The van der Waals surface area contributed by atoms with Crippen LogP contribution in [0.3, 0.4) is 0 Å². The molecule has 0 unspecified atom stereocenters. The molecule has 0 aromatic carbocycles. The van der Waals surface area contributed by atoms with E-state index in [4.69, 9.17) is 4.74 Å². The lowest BCUT2D eigenvalue weighted by Crippen LogP contribution is -2.44. The minimum absolute atomic E-state index is 0.0181. The van der Waals surface area contributed by atoms with Crippen LogP contribution in [0, 0.1) is 0 Å². The Morgan fingerprint density at radius 2 is 2.00 bits per heavy atom. The minimum Gasteiger partial charge on any atom is -0.444 e. The van der Waals surface area contributed by atoms with E-state index in [9.17, 15) is 14.4 Å². The largest absolute Gasteiger partial charge is 0.444 e. The van der Waals surface area contributed by atoms with Crippen LogP contribution in [-0.2, 0) is 14.3 Å². The van der Waals surface area contributed by atoms with E-state index in [1.54, 1.807) is 20.8 Å². The molecule has 1 saturated heterocycles. The fraction of sp³-hybridized carbons (Fsp3) is 0.786. The molecule has 3 amide bonds. The van der Waals surface area contributed by atoms with Crippen LogP contribution >= 0.6 is 0 Å². The summed E-state index contributed by atoms with van der Waals surface area (Å²) in [4.78, 5) is 36.7. The first kappa shape index (κ1) is 16.5. The monoisotopic (exact) mass is 284 g/mol. The van der Waals surface area contributed by atoms with Crippen LogP contribution in [0.1, 0.15) is 53.4 Å². The third kappa shape index (κ3) is 4.83. The number of imide groups is 1. The SMILES string of the molecule is CCCCCN1C(=O)C[C@H](NC(=O)OC(C)(C)C)C1=O. The number of carbonyl (C=O) groups is 3. The van der Waals surface area contributed by atoms with Gasteiger partial charge in [0.2, 0.25) is 5.91 Å². The normalized spacial score (nSPS) is 19.4. The predicted octanol–water partition coefficient (Wildman–Crippen LogP) is 1.83. The zero-order chi connectivity index (χ0) is 15.3. The van der Waals surface area contributed by atoms with E-state index in [-0.39, 0.29) is 18.2 Å². The van der Waals surface area contributed by atoms with Gasteiger partial charge >= 0.3 is 6.09 Å².